The quantitative estimate of drug-likeness (QED) is 0.700. The molecule has 1 rings (SSSR count). The maximum atomic E-state index is 11.9. The van der Waals surface area contributed by atoms with E-state index >= 15 is 0 Å². The number of rotatable bonds is 6. The predicted octanol–water partition coefficient (Wildman–Crippen LogP) is 1.99. The van der Waals surface area contributed by atoms with Crippen LogP contribution in [0.3, 0.4) is 0 Å². The fourth-order valence-electron chi connectivity index (χ4n) is 2.63. The molecule has 6 nitrogen and oxygen atoms in total. The van der Waals surface area contributed by atoms with Gasteiger partial charge in [0.25, 0.3) is 0 Å². The Morgan fingerprint density at radius 3 is 2.52 bits per heavy atom. The van der Waals surface area contributed by atoms with E-state index in [1.165, 1.54) is 0 Å². The second-order valence-corrected chi connectivity index (χ2v) is 7.04. The number of aliphatic carboxylic acids is 1. The Labute approximate surface area is 126 Å². The van der Waals surface area contributed by atoms with E-state index in [0.29, 0.717) is 18.9 Å². The largest absolute Gasteiger partial charge is 0.481 e. The maximum Gasteiger partial charge on any atom is 0.315 e. The van der Waals surface area contributed by atoms with Crippen LogP contribution < -0.4 is 10.6 Å². The first-order valence-corrected chi connectivity index (χ1v) is 7.55. The van der Waals surface area contributed by atoms with Gasteiger partial charge in [-0.1, -0.05) is 20.8 Å². The van der Waals surface area contributed by atoms with Crippen molar-refractivity contribution in [1.82, 2.24) is 10.6 Å². The average molecular weight is 300 g/mol. The SMILES string of the molecule is CC1OCCC1CNC(=O)NC(CC(=O)O)CC(C)(C)C. The van der Waals surface area contributed by atoms with Gasteiger partial charge in [-0.25, -0.2) is 4.79 Å². The molecule has 1 saturated heterocycles. The van der Waals surface area contributed by atoms with Gasteiger partial charge in [-0.05, 0) is 25.2 Å². The van der Waals surface area contributed by atoms with E-state index in [4.69, 9.17) is 9.84 Å². The van der Waals surface area contributed by atoms with Crippen molar-refractivity contribution < 1.29 is 19.4 Å². The molecular formula is C15H28N2O4. The van der Waals surface area contributed by atoms with Crippen LogP contribution in [-0.2, 0) is 9.53 Å². The van der Waals surface area contributed by atoms with Crippen molar-refractivity contribution >= 4 is 12.0 Å². The van der Waals surface area contributed by atoms with Crippen LogP contribution >= 0.6 is 0 Å². The molecule has 0 radical (unpaired) electrons. The van der Waals surface area contributed by atoms with Crippen molar-refractivity contribution in [3.8, 4) is 0 Å². The number of hydrogen-bond acceptors (Lipinski definition) is 3. The summed E-state index contributed by atoms with van der Waals surface area (Å²) in [4.78, 5) is 22.8. The summed E-state index contributed by atoms with van der Waals surface area (Å²) in [5, 5.41) is 14.5. The highest BCUT2D eigenvalue weighted by atomic mass is 16.5. The highest BCUT2D eigenvalue weighted by Crippen LogP contribution is 2.22. The Hall–Kier alpha value is -1.30. The van der Waals surface area contributed by atoms with Crippen molar-refractivity contribution in [1.29, 1.82) is 0 Å². The second-order valence-electron chi connectivity index (χ2n) is 7.04. The molecule has 0 saturated carbocycles. The Morgan fingerprint density at radius 1 is 1.38 bits per heavy atom. The Balaban J connectivity index is 2.41. The molecule has 0 bridgehead atoms. The van der Waals surface area contributed by atoms with Crippen LogP contribution in [0, 0.1) is 11.3 Å². The molecule has 1 fully saturated rings. The van der Waals surface area contributed by atoms with Crippen molar-refractivity contribution in [2.75, 3.05) is 13.2 Å². The third kappa shape index (κ3) is 7.32. The standard InChI is InChI=1S/C15H28N2O4/c1-10-11(5-6-21-10)9-16-14(20)17-12(7-13(18)19)8-15(2,3)4/h10-12H,5-9H2,1-4H3,(H,18,19)(H2,16,17,20). The first kappa shape index (κ1) is 17.8. The van der Waals surface area contributed by atoms with E-state index in [-0.39, 0.29) is 30.0 Å². The van der Waals surface area contributed by atoms with Crippen LogP contribution in [-0.4, -0.2) is 42.4 Å². The molecule has 21 heavy (non-hydrogen) atoms. The molecule has 6 heteroatoms. The summed E-state index contributed by atoms with van der Waals surface area (Å²) >= 11 is 0. The lowest BCUT2D eigenvalue weighted by atomic mass is 9.87. The van der Waals surface area contributed by atoms with Gasteiger partial charge < -0.3 is 20.5 Å². The molecule has 2 amide bonds. The van der Waals surface area contributed by atoms with Gasteiger partial charge in [0, 0.05) is 25.1 Å². The Bertz CT molecular complexity index is 365. The minimum absolute atomic E-state index is 0.0405. The normalized spacial score (nSPS) is 23.6. The molecule has 1 aliphatic heterocycles. The van der Waals surface area contributed by atoms with Gasteiger partial charge in [0.1, 0.15) is 0 Å². The molecule has 3 unspecified atom stereocenters. The van der Waals surface area contributed by atoms with E-state index in [0.717, 1.165) is 13.0 Å². The smallest absolute Gasteiger partial charge is 0.315 e. The number of amides is 2. The number of ether oxygens (including phenoxy) is 1. The van der Waals surface area contributed by atoms with Gasteiger partial charge in [-0.3, -0.25) is 4.79 Å². The number of nitrogens with one attached hydrogen (secondary N) is 2. The molecule has 1 heterocycles. The third-order valence-electron chi connectivity index (χ3n) is 3.67. The lowest BCUT2D eigenvalue weighted by Gasteiger charge is -2.26. The van der Waals surface area contributed by atoms with Crippen molar-refractivity contribution in [3.05, 3.63) is 0 Å². The zero-order chi connectivity index (χ0) is 16.0. The van der Waals surface area contributed by atoms with E-state index in [1.807, 2.05) is 27.7 Å². The van der Waals surface area contributed by atoms with Gasteiger partial charge in [0.15, 0.2) is 0 Å². The van der Waals surface area contributed by atoms with Crippen LogP contribution in [0.4, 0.5) is 4.79 Å². The van der Waals surface area contributed by atoms with Gasteiger partial charge in [0.2, 0.25) is 0 Å². The molecule has 0 aromatic rings. The highest BCUT2D eigenvalue weighted by molar-refractivity contribution is 5.75. The van der Waals surface area contributed by atoms with Gasteiger partial charge in [-0.15, -0.1) is 0 Å². The highest BCUT2D eigenvalue weighted by Gasteiger charge is 2.26. The first-order valence-electron chi connectivity index (χ1n) is 7.55. The van der Waals surface area contributed by atoms with Crippen molar-refractivity contribution in [2.45, 2.75) is 59.1 Å². The lowest BCUT2D eigenvalue weighted by Crippen LogP contribution is -2.46. The minimum atomic E-state index is -0.901. The number of carbonyl (C=O) groups excluding carboxylic acids is 1. The lowest BCUT2D eigenvalue weighted by molar-refractivity contribution is -0.137. The van der Waals surface area contributed by atoms with Crippen LogP contribution in [0.2, 0.25) is 0 Å². The fraction of sp³-hybridized carbons (Fsp3) is 0.867. The number of carboxylic acids is 1. The summed E-state index contributed by atoms with van der Waals surface area (Å²) < 4.78 is 5.45. The number of urea groups is 1. The van der Waals surface area contributed by atoms with Crippen LogP contribution in [0.1, 0.15) is 47.0 Å². The van der Waals surface area contributed by atoms with E-state index < -0.39 is 5.97 Å². The van der Waals surface area contributed by atoms with Gasteiger partial charge in [0.05, 0.1) is 12.5 Å². The van der Waals surface area contributed by atoms with Gasteiger partial charge in [-0.2, -0.15) is 0 Å². The van der Waals surface area contributed by atoms with E-state index in [2.05, 4.69) is 10.6 Å². The van der Waals surface area contributed by atoms with Crippen LogP contribution in [0.25, 0.3) is 0 Å². The molecule has 0 aliphatic carbocycles. The van der Waals surface area contributed by atoms with Crippen molar-refractivity contribution in [3.63, 3.8) is 0 Å². The second kappa shape index (κ2) is 7.64. The zero-order valence-corrected chi connectivity index (χ0v) is 13.4. The predicted molar refractivity (Wildman–Crippen MR) is 80.2 cm³/mol. The monoisotopic (exact) mass is 300 g/mol. The summed E-state index contributed by atoms with van der Waals surface area (Å²) in [7, 11) is 0. The van der Waals surface area contributed by atoms with Crippen molar-refractivity contribution in [2.24, 2.45) is 11.3 Å². The molecule has 122 valence electrons. The number of carbonyl (C=O) groups is 2. The molecule has 1 aliphatic rings. The summed E-state index contributed by atoms with van der Waals surface area (Å²) in [6, 6.07) is -0.663. The molecule has 0 aromatic carbocycles. The molecule has 3 atom stereocenters. The number of hydrogen-bond donors (Lipinski definition) is 3. The molecule has 3 N–H and O–H groups in total. The summed E-state index contributed by atoms with van der Waals surface area (Å²) in [6.45, 7) is 9.38. The molecule has 0 spiro atoms. The van der Waals surface area contributed by atoms with Crippen LogP contribution in [0.15, 0.2) is 0 Å². The molecular weight excluding hydrogens is 272 g/mol. The van der Waals surface area contributed by atoms with Crippen LogP contribution in [0.5, 0.6) is 0 Å². The number of carboxylic acid groups (broad SMARTS) is 1. The van der Waals surface area contributed by atoms with E-state index in [9.17, 15) is 9.59 Å². The Morgan fingerprint density at radius 2 is 2.05 bits per heavy atom. The third-order valence-corrected chi connectivity index (χ3v) is 3.67. The summed E-state index contributed by atoms with van der Waals surface area (Å²) in [6.07, 6.45) is 1.67. The molecule has 0 aromatic heterocycles. The van der Waals surface area contributed by atoms with Gasteiger partial charge >= 0.3 is 12.0 Å². The Kier molecular flexibility index (Phi) is 6.45. The minimum Gasteiger partial charge on any atom is -0.481 e. The topological polar surface area (TPSA) is 87.7 Å². The van der Waals surface area contributed by atoms with E-state index in [1.54, 1.807) is 0 Å². The summed E-state index contributed by atoms with van der Waals surface area (Å²) in [5.41, 5.74) is -0.0405. The average Bonchev–Trinajstić information content (AvgIpc) is 2.69. The summed E-state index contributed by atoms with van der Waals surface area (Å²) in [5.74, 6) is -0.571. The first-order chi connectivity index (χ1) is 9.67. The zero-order valence-electron chi connectivity index (χ0n) is 13.4. The fourth-order valence-corrected chi connectivity index (χ4v) is 2.63. The maximum absolute atomic E-state index is 11.9.